The molecule has 6 heteroatoms. The first-order valence-electron chi connectivity index (χ1n) is 7.53. The molecule has 3 aromatic rings. The molecule has 118 valence electrons. The third kappa shape index (κ3) is 3.21. The van der Waals surface area contributed by atoms with Gasteiger partial charge in [0.25, 0.3) is 5.91 Å². The van der Waals surface area contributed by atoms with Crippen molar-refractivity contribution in [3.05, 3.63) is 59.8 Å². The lowest BCUT2D eigenvalue weighted by atomic mass is 10.2. The molecule has 3 rings (SSSR count). The number of benzene rings is 1. The van der Waals surface area contributed by atoms with Gasteiger partial charge in [-0.3, -0.25) is 4.79 Å². The lowest BCUT2D eigenvalue weighted by Gasteiger charge is -2.07. The summed E-state index contributed by atoms with van der Waals surface area (Å²) in [5, 5.41) is 2.83. The molecule has 1 N–H and O–H groups in total. The number of aromatic nitrogens is 3. The van der Waals surface area contributed by atoms with E-state index in [2.05, 4.69) is 15.3 Å². The SMILES string of the molecule is CCn1c(CCNC(=O)c2ccc(F)cc2)nc2cccnc21. The van der Waals surface area contributed by atoms with Crippen molar-refractivity contribution < 1.29 is 9.18 Å². The number of hydrogen-bond acceptors (Lipinski definition) is 3. The number of fused-ring (bicyclic) bond motifs is 1. The predicted molar refractivity (Wildman–Crippen MR) is 85.6 cm³/mol. The van der Waals surface area contributed by atoms with Gasteiger partial charge in [-0.15, -0.1) is 0 Å². The van der Waals surface area contributed by atoms with E-state index in [1.807, 2.05) is 23.6 Å². The summed E-state index contributed by atoms with van der Waals surface area (Å²) in [6.45, 7) is 3.27. The third-order valence-electron chi connectivity index (χ3n) is 3.64. The van der Waals surface area contributed by atoms with E-state index in [1.165, 1.54) is 24.3 Å². The number of hydrogen-bond donors (Lipinski definition) is 1. The fourth-order valence-electron chi connectivity index (χ4n) is 2.52. The van der Waals surface area contributed by atoms with Crippen LogP contribution >= 0.6 is 0 Å². The Kier molecular flexibility index (Phi) is 4.32. The van der Waals surface area contributed by atoms with E-state index in [1.54, 1.807) is 6.20 Å². The van der Waals surface area contributed by atoms with Crippen LogP contribution in [0, 0.1) is 5.82 Å². The van der Waals surface area contributed by atoms with Crippen LogP contribution in [0.2, 0.25) is 0 Å². The van der Waals surface area contributed by atoms with Gasteiger partial charge in [-0.25, -0.2) is 14.4 Å². The molecule has 2 aromatic heterocycles. The number of amides is 1. The van der Waals surface area contributed by atoms with Crippen LogP contribution in [0.25, 0.3) is 11.2 Å². The first-order chi connectivity index (χ1) is 11.2. The van der Waals surface area contributed by atoms with Crippen molar-refractivity contribution in [3.8, 4) is 0 Å². The standard InChI is InChI=1S/C17H17FN4O/c1-2-22-15(21-14-4-3-10-19-16(14)22)9-11-20-17(23)12-5-7-13(18)8-6-12/h3-8,10H,2,9,11H2,1H3,(H,20,23). The maximum atomic E-state index is 12.9. The first kappa shape index (κ1) is 15.1. The van der Waals surface area contributed by atoms with Gasteiger partial charge in [0.05, 0.1) is 0 Å². The molecule has 0 aliphatic heterocycles. The minimum atomic E-state index is -0.356. The van der Waals surface area contributed by atoms with Crippen molar-refractivity contribution in [2.75, 3.05) is 6.54 Å². The van der Waals surface area contributed by atoms with Crippen LogP contribution in [-0.4, -0.2) is 27.0 Å². The number of nitrogens with zero attached hydrogens (tertiary/aromatic N) is 3. The molecule has 0 saturated heterocycles. The highest BCUT2D eigenvalue weighted by Crippen LogP contribution is 2.13. The van der Waals surface area contributed by atoms with Crippen LogP contribution in [0.1, 0.15) is 23.1 Å². The summed E-state index contributed by atoms with van der Waals surface area (Å²) in [6, 6.07) is 9.27. The second-order valence-electron chi connectivity index (χ2n) is 5.13. The molecule has 2 heterocycles. The summed E-state index contributed by atoms with van der Waals surface area (Å²) in [6.07, 6.45) is 2.35. The molecule has 0 saturated carbocycles. The number of rotatable bonds is 5. The van der Waals surface area contributed by atoms with Crippen molar-refractivity contribution in [1.82, 2.24) is 19.9 Å². The highest BCUT2D eigenvalue weighted by atomic mass is 19.1. The summed E-state index contributed by atoms with van der Waals surface area (Å²) in [7, 11) is 0. The van der Waals surface area contributed by atoms with E-state index in [0.717, 1.165) is 23.5 Å². The maximum Gasteiger partial charge on any atom is 0.251 e. The van der Waals surface area contributed by atoms with Crippen molar-refractivity contribution in [3.63, 3.8) is 0 Å². The molecule has 1 amide bonds. The lowest BCUT2D eigenvalue weighted by Crippen LogP contribution is -2.26. The molecule has 0 spiro atoms. The number of halogens is 1. The second-order valence-corrected chi connectivity index (χ2v) is 5.13. The van der Waals surface area contributed by atoms with Crippen molar-refractivity contribution in [1.29, 1.82) is 0 Å². The first-order valence-corrected chi connectivity index (χ1v) is 7.53. The van der Waals surface area contributed by atoms with E-state index in [-0.39, 0.29) is 11.7 Å². The van der Waals surface area contributed by atoms with Gasteiger partial charge >= 0.3 is 0 Å². The third-order valence-corrected chi connectivity index (χ3v) is 3.64. The zero-order valence-corrected chi connectivity index (χ0v) is 12.8. The Balaban J connectivity index is 1.66. The molecule has 0 fully saturated rings. The molecule has 1 aromatic carbocycles. The molecule has 0 radical (unpaired) electrons. The van der Waals surface area contributed by atoms with Gasteiger partial charge in [0.1, 0.15) is 17.2 Å². The summed E-state index contributed by atoms with van der Waals surface area (Å²) in [5.41, 5.74) is 2.15. The fraction of sp³-hybridized carbons (Fsp3) is 0.235. The van der Waals surface area contributed by atoms with Crippen molar-refractivity contribution >= 4 is 17.1 Å². The number of imidazole rings is 1. The topological polar surface area (TPSA) is 59.8 Å². The van der Waals surface area contributed by atoms with E-state index >= 15 is 0 Å². The van der Waals surface area contributed by atoms with Gasteiger partial charge in [0.2, 0.25) is 0 Å². The minimum absolute atomic E-state index is 0.220. The van der Waals surface area contributed by atoms with E-state index in [0.29, 0.717) is 18.5 Å². The van der Waals surface area contributed by atoms with Crippen LogP contribution in [0.4, 0.5) is 4.39 Å². The van der Waals surface area contributed by atoms with Gasteiger partial charge < -0.3 is 9.88 Å². The number of carbonyl (C=O) groups excluding carboxylic acids is 1. The number of aryl methyl sites for hydroxylation is 1. The fourth-order valence-corrected chi connectivity index (χ4v) is 2.52. The number of pyridine rings is 1. The normalized spacial score (nSPS) is 10.9. The second kappa shape index (κ2) is 6.56. The molecule has 0 unspecified atom stereocenters. The average Bonchev–Trinajstić information content (AvgIpc) is 2.92. The highest BCUT2D eigenvalue weighted by Gasteiger charge is 2.11. The smallest absolute Gasteiger partial charge is 0.251 e. The number of carbonyl (C=O) groups is 1. The molecular formula is C17H17FN4O. The lowest BCUT2D eigenvalue weighted by molar-refractivity contribution is 0.0954. The summed E-state index contributed by atoms with van der Waals surface area (Å²) in [4.78, 5) is 20.9. The Morgan fingerprint density at radius 2 is 2.04 bits per heavy atom. The largest absolute Gasteiger partial charge is 0.352 e. The molecule has 0 aliphatic rings. The Morgan fingerprint density at radius 1 is 1.26 bits per heavy atom. The van der Waals surface area contributed by atoms with Crippen molar-refractivity contribution in [2.24, 2.45) is 0 Å². The zero-order chi connectivity index (χ0) is 16.2. The zero-order valence-electron chi connectivity index (χ0n) is 12.8. The molecule has 0 atom stereocenters. The van der Waals surface area contributed by atoms with Gasteiger partial charge in [-0.1, -0.05) is 0 Å². The van der Waals surface area contributed by atoms with Gasteiger partial charge in [-0.2, -0.15) is 0 Å². The van der Waals surface area contributed by atoms with Crippen LogP contribution in [0.3, 0.4) is 0 Å². The molecule has 0 bridgehead atoms. The van der Waals surface area contributed by atoms with Gasteiger partial charge in [0, 0.05) is 31.3 Å². The number of nitrogens with one attached hydrogen (secondary N) is 1. The Labute approximate surface area is 133 Å². The van der Waals surface area contributed by atoms with Crippen LogP contribution in [0.15, 0.2) is 42.6 Å². The summed E-state index contributed by atoms with van der Waals surface area (Å²) >= 11 is 0. The Hall–Kier alpha value is -2.76. The minimum Gasteiger partial charge on any atom is -0.352 e. The van der Waals surface area contributed by atoms with E-state index in [9.17, 15) is 9.18 Å². The average molecular weight is 312 g/mol. The van der Waals surface area contributed by atoms with Crippen molar-refractivity contribution in [2.45, 2.75) is 19.9 Å². The van der Waals surface area contributed by atoms with Crippen LogP contribution in [-0.2, 0) is 13.0 Å². The van der Waals surface area contributed by atoms with Gasteiger partial charge in [-0.05, 0) is 43.3 Å². The van der Waals surface area contributed by atoms with E-state index in [4.69, 9.17) is 0 Å². The Bertz CT molecular complexity index is 826. The quantitative estimate of drug-likeness (QED) is 0.787. The summed E-state index contributed by atoms with van der Waals surface area (Å²) < 4.78 is 14.9. The van der Waals surface area contributed by atoms with Gasteiger partial charge in [0.15, 0.2) is 5.65 Å². The van der Waals surface area contributed by atoms with Crippen LogP contribution in [0.5, 0.6) is 0 Å². The Morgan fingerprint density at radius 3 is 2.78 bits per heavy atom. The maximum absolute atomic E-state index is 12.9. The monoisotopic (exact) mass is 312 g/mol. The summed E-state index contributed by atoms with van der Waals surface area (Å²) in [5.74, 6) is 0.314. The molecule has 0 aliphatic carbocycles. The molecular weight excluding hydrogens is 295 g/mol. The predicted octanol–water partition coefficient (Wildman–Crippen LogP) is 2.56. The molecule has 5 nitrogen and oxygen atoms in total. The van der Waals surface area contributed by atoms with E-state index < -0.39 is 0 Å². The highest BCUT2D eigenvalue weighted by molar-refractivity contribution is 5.94. The molecule has 23 heavy (non-hydrogen) atoms. The van der Waals surface area contributed by atoms with Crippen LogP contribution < -0.4 is 5.32 Å².